The maximum Gasteiger partial charge on any atom is 0.255 e. The topological polar surface area (TPSA) is 63.9 Å². The van der Waals surface area contributed by atoms with Crippen molar-refractivity contribution in [2.24, 2.45) is 0 Å². The lowest BCUT2D eigenvalue weighted by Crippen LogP contribution is -2.38. The van der Waals surface area contributed by atoms with Crippen molar-refractivity contribution in [2.45, 2.75) is 20.0 Å². The zero-order valence-corrected chi connectivity index (χ0v) is 14.7. The van der Waals surface area contributed by atoms with Crippen LogP contribution in [0.4, 0.5) is 4.39 Å². The van der Waals surface area contributed by atoms with E-state index >= 15 is 0 Å². The van der Waals surface area contributed by atoms with Crippen LogP contribution >= 0.6 is 11.6 Å². The van der Waals surface area contributed by atoms with E-state index < -0.39 is 5.82 Å². The minimum absolute atomic E-state index is 0.105. The number of aromatic nitrogens is 4. The summed E-state index contributed by atoms with van der Waals surface area (Å²) in [6.45, 7) is 3.30. The quantitative estimate of drug-likeness (QED) is 0.694. The van der Waals surface area contributed by atoms with E-state index in [1.165, 1.54) is 12.1 Å². The van der Waals surface area contributed by atoms with E-state index in [2.05, 4.69) is 15.2 Å². The molecule has 0 spiro atoms. The average molecular weight is 372 g/mol. The highest BCUT2D eigenvalue weighted by atomic mass is 35.5. The van der Waals surface area contributed by atoms with Gasteiger partial charge in [-0.2, -0.15) is 0 Å². The lowest BCUT2D eigenvalue weighted by molar-refractivity contribution is 0.0708. The molecule has 3 aromatic rings. The van der Waals surface area contributed by atoms with Crippen LogP contribution in [0.25, 0.3) is 11.4 Å². The lowest BCUT2D eigenvalue weighted by atomic mass is 10.1. The van der Waals surface area contributed by atoms with E-state index in [9.17, 15) is 9.18 Å². The van der Waals surface area contributed by atoms with Crippen LogP contribution in [-0.4, -0.2) is 37.1 Å². The molecule has 4 rings (SSSR count). The van der Waals surface area contributed by atoms with E-state index in [0.29, 0.717) is 25.5 Å². The van der Waals surface area contributed by atoms with Crippen LogP contribution in [0.2, 0.25) is 5.02 Å². The molecule has 1 aromatic carbocycles. The number of hydrogen-bond donors (Lipinski definition) is 0. The summed E-state index contributed by atoms with van der Waals surface area (Å²) in [5.41, 5.74) is 2.08. The van der Waals surface area contributed by atoms with Gasteiger partial charge in [0.15, 0.2) is 11.6 Å². The smallest absolute Gasteiger partial charge is 0.255 e. The van der Waals surface area contributed by atoms with Gasteiger partial charge in [-0.3, -0.25) is 9.78 Å². The highest BCUT2D eigenvalue weighted by Gasteiger charge is 2.27. The van der Waals surface area contributed by atoms with Gasteiger partial charge in [0.05, 0.1) is 17.1 Å². The Hall–Kier alpha value is -2.80. The molecule has 8 heteroatoms. The average Bonchev–Trinajstić information content (AvgIpc) is 3.04. The van der Waals surface area contributed by atoms with Gasteiger partial charge in [0.25, 0.3) is 5.91 Å². The molecule has 0 radical (unpaired) electrons. The Kier molecular flexibility index (Phi) is 4.16. The summed E-state index contributed by atoms with van der Waals surface area (Å²) in [5.74, 6) is 0.725. The van der Waals surface area contributed by atoms with Gasteiger partial charge in [-0.05, 0) is 37.3 Å². The second-order valence-corrected chi connectivity index (χ2v) is 6.49. The Bertz CT molecular complexity index is 1000. The molecular weight excluding hydrogens is 357 g/mol. The van der Waals surface area contributed by atoms with Crippen LogP contribution in [0.5, 0.6) is 0 Å². The molecular formula is C18H15ClFN5O. The number of fused-ring (bicyclic) bond motifs is 1. The Morgan fingerprint density at radius 1 is 1.23 bits per heavy atom. The zero-order chi connectivity index (χ0) is 18.3. The molecule has 0 atom stereocenters. The first-order valence-electron chi connectivity index (χ1n) is 8.13. The standard InChI is InChI=1S/C18H15ClFN5O/c1-11-13(3-2-6-21-11)17-23-22-16-10-24(7-8-25(16)17)18(26)14-5-4-12(20)9-15(14)19/h2-6,9H,7-8,10H2,1H3. The minimum Gasteiger partial charge on any atom is -0.329 e. The number of amides is 1. The van der Waals surface area contributed by atoms with E-state index in [1.54, 1.807) is 11.1 Å². The molecule has 0 fully saturated rings. The third kappa shape index (κ3) is 2.84. The molecule has 0 saturated heterocycles. The fraction of sp³-hybridized carbons (Fsp3) is 0.222. The van der Waals surface area contributed by atoms with Crippen molar-refractivity contribution in [2.75, 3.05) is 6.54 Å². The van der Waals surface area contributed by atoms with E-state index in [0.717, 1.165) is 23.1 Å². The highest BCUT2D eigenvalue weighted by molar-refractivity contribution is 6.33. The van der Waals surface area contributed by atoms with Crippen LogP contribution in [0.15, 0.2) is 36.5 Å². The molecule has 1 amide bonds. The van der Waals surface area contributed by atoms with Crippen molar-refractivity contribution in [1.82, 2.24) is 24.6 Å². The van der Waals surface area contributed by atoms with Gasteiger partial charge < -0.3 is 9.47 Å². The van der Waals surface area contributed by atoms with Crippen LogP contribution in [0, 0.1) is 12.7 Å². The first-order chi connectivity index (χ1) is 12.5. The molecule has 0 unspecified atom stereocenters. The largest absolute Gasteiger partial charge is 0.329 e. The van der Waals surface area contributed by atoms with Crippen molar-refractivity contribution in [3.05, 3.63) is 64.5 Å². The summed E-state index contributed by atoms with van der Waals surface area (Å²) in [5, 5.41) is 8.62. The van der Waals surface area contributed by atoms with Crippen molar-refractivity contribution in [3.63, 3.8) is 0 Å². The van der Waals surface area contributed by atoms with Gasteiger partial charge in [0.2, 0.25) is 0 Å². The maximum absolute atomic E-state index is 13.2. The molecule has 3 heterocycles. The number of carbonyl (C=O) groups excluding carboxylic acids is 1. The van der Waals surface area contributed by atoms with Gasteiger partial charge >= 0.3 is 0 Å². The fourth-order valence-corrected chi connectivity index (χ4v) is 3.33. The van der Waals surface area contributed by atoms with Gasteiger partial charge in [-0.25, -0.2) is 4.39 Å². The number of rotatable bonds is 2. The molecule has 2 aromatic heterocycles. The zero-order valence-electron chi connectivity index (χ0n) is 14.0. The van der Waals surface area contributed by atoms with Gasteiger partial charge in [-0.15, -0.1) is 10.2 Å². The van der Waals surface area contributed by atoms with Crippen molar-refractivity contribution < 1.29 is 9.18 Å². The predicted molar refractivity (Wildman–Crippen MR) is 94.1 cm³/mol. The molecule has 26 heavy (non-hydrogen) atoms. The predicted octanol–water partition coefficient (Wildman–Crippen LogP) is 3.10. The van der Waals surface area contributed by atoms with Crippen molar-refractivity contribution in [3.8, 4) is 11.4 Å². The van der Waals surface area contributed by atoms with Gasteiger partial charge in [-0.1, -0.05) is 11.6 Å². The molecule has 0 bridgehead atoms. The first-order valence-corrected chi connectivity index (χ1v) is 8.51. The number of nitrogens with zero attached hydrogens (tertiary/aromatic N) is 5. The summed E-state index contributed by atoms with van der Waals surface area (Å²) in [6, 6.07) is 7.59. The molecule has 0 saturated carbocycles. The van der Waals surface area contributed by atoms with Crippen LogP contribution in [0.3, 0.4) is 0 Å². The summed E-state index contributed by atoms with van der Waals surface area (Å²) in [4.78, 5) is 18.7. The number of benzene rings is 1. The second-order valence-electron chi connectivity index (χ2n) is 6.08. The Morgan fingerprint density at radius 3 is 2.85 bits per heavy atom. The van der Waals surface area contributed by atoms with Crippen molar-refractivity contribution in [1.29, 1.82) is 0 Å². The SMILES string of the molecule is Cc1ncccc1-c1nnc2n1CCN(C(=O)c1ccc(F)cc1Cl)C2. The van der Waals surface area contributed by atoms with Crippen LogP contribution in [-0.2, 0) is 13.1 Å². The first kappa shape index (κ1) is 16.7. The molecule has 132 valence electrons. The van der Waals surface area contributed by atoms with E-state index in [4.69, 9.17) is 11.6 Å². The lowest BCUT2D eigenvalue weighted by Gasteiger charge is -2.28. The van der Waals surface area contributed by atoms with Gasteiger partial charge in [0, 0.05) is 30.5 Å². The monoisotopic (exact) mass is 371 g/mol. The van der Waals surface area contributed by atoms with Crippen LogP contribution < -0.4 is 0 Å². The number of hydrogen-bond acceptors (Lipinski definition) is 4. The van der Waals surface area contributed by atoms with Crippen molar-refractivity contribution >= 4 is 17.5 Å². The number of halogens is 2. The third-order valence-corrected chi connectivity index (χ3v) is 4.76. The second kappa shape index (κ2) is 6.49. The summed E-state index contributed by atoms with van der Waals surface area (Å²) >= 11 is 6.02. The number of carbonyl (C=O) groups is 1. The van der Waals surface area contributed by atoms with Gasteiger partial charge in [0.1, 0.15) is 5.82 Å². The van der Waals surface area contributed by atoms with E-state index in [-0.39, 0.29) is 16.5 Å². The molecule has 0 aliphatic carbocycles. The molecule has 0 N–H and O–H groups in total. The molecule has 1 aliphatic heterocycles. The van der Waals surface area contributed by atoms with E-state index in [1.807, 2.05) is 23.6 Å². The summed E-state index contributed by atoms with van der Waals surface area (Å²) < 4.78 is 15.2. The number of pyridine rings is 1. The third-order valence-electron chi connectivity index (χ3n) is 4.45. The minimum atomic E-state index is -0.471. The number of aryl methyl sites for hydroxylation is 1. The Morgan fingerprint density at radius 2 is 2.08 bits per heavy atom. The Labute approximate surface area is 154 Å². The maximum atomic E-state index is 13.2. The Balaban J connectivity index is 1.61. The van der Waals surface area contributed by atoms with Crippen LogP contribution in [0.1, 0.15) is 21.9 Å². The molecule has 6 nitrogen and oxygen atoms in total. The normalized spacial score (nSPS) is 13.6. The summed E-state index contributed by atoms with van der Waals surface area (Å²) in [6.07, 6.45) is 1.74. The fourth-order valence-electron chi connectivity index (χ4n) is 3.08. The highest BCUT2D eigenvalue weighted by Crippen LogP contribution is 2.25. The summed E-state index contributed by atoms with van der Waals surface area (Å²) in [7, 11) is 0. The molecule has 1 aliphatic rings.